The Balaban J connectivity index is 2.38. The van der Waals surface area contributed by atoms with Crippen LogP contribution < -0.4 is 0 Å². The van der Waals surface area contributed by atoms with Crippen LogP contribution in [0.1, 0.15) is 9.67 Å². The van der Waals surface area contributed by atoms with Gasteiger partial charge in [0.25, 0.3) is 0 Å². The van der Waals surface area contributed by atoms with Crippen LogP contribution in [0.15, 0.2) is 54.6 Å². The normalized spacial score (nSPS) is 10.7. The summed E-state index contributed by atoms with van der Waals surface area (Å²) >= 11 is 1.33. The lowest BCUT2D eigenvalue weighted by Gasteiger charge is -2.01. The molecule has 0 amide bonds. The van der Waals surface area contributed by atoms with Crippen LogP contribution in [0.2, 0.25) is 0 Å². The second-order valence-corrected chi connectivity index (χ2v) is 5.03. The fourth-order valence-electron chi connectivity index (χ4n) is 2.09. The van der Waals surface area contributed by atoms with Gasteiger partial charge in [0.05, 0.1) is 0 Å². The highest BCUT2D eigenvalue weighted by Gasteiger charge is 2.18. The summed E-state index contributed by atoms with van der Waals surface area (Å²) in [6, 6.07) is 17.5. The molecule has 0 atom stereocenters. The van der Waals surface area contributed by atoms with Crippen molar-refractivity contribution >= 4 is 27.4 Å². The van der Waals surface area contributed by atoms with Gasteiger partial charge in [-0.3, -0.25) is 0 Å². The topological polar surface area (TPSA) is 37.3 Å². The molecule has 88 valence electrons. The van der Waals surface area contributed by atoms with Gasteiger partial charge in [-0.15, -0.1) is 11.3 Å². The minimum Gasteiger partial charge on any atom is -0.477 e. The Morgan fingerprint density at radius 1 is 1.06 bits per heavy atom. The van der Waals surface area contributed by atoms with Gasteiger partial charge in [-0.25, -0.2) is 4.79 Å². The number of rotatable bonds is 2. The number of hydrogen-bond donors (Lipinski definition) is 1. The smallest absolute Gasteiger partial charge is 0.346 e. The van der Waals surface area contributed by atoms with Crippen LogP contribution in [0.3, 0.4) is 0 Å². The highest BCUT2D eigenvalue weighted by atomic mass is 32.1. The van der Waals surface area contributed by atoms with Crippen LogP contribution in [-0.2, 0) is 0 Å². The minimum absolute atomic E-state index is 0.405. The molecule has 0 fully saturated rings. The molecule has 2 nitrogen and oxygen atoms in total. The van der Waals surface area contributed by atoms with Gasteiger partial charge in [0.2, 0.25) is 0 Å². The van der Waals surface area contributed by atoms with Crippen molar-refractivity contribution in [3.05, 3.63) is 59.5 Å². The quantitative estimate of drug-likeness (QED) is 0.738. The third kappa shape index (κ3) is 1.69. The zero-order chi connectivity index (χ0) is 12.5. The van der Waals surface area contributed by atoms with Crippen molar-refractivity contribution in [2.24, 2.45) is 0 Å². The second-order valence-electron chi connectivity index (χ2n) is 3.97. The third-order valence-corrected chi connectivity index (χ3v) is 4.01. The predicted octanol–water partition coefficient (Wildman–Crippen LogP) is 4.27. The van der Waals surface area contributed by atoms with E-state index in [1.54, 1.807) is 0 Å². The number of hydrogen-bond acceptors (Lipinski definition) is 2. The SMILES string of the molecule is O=C(O)c1sc2ccccc2c1-[9c]1ccccc1. The molecule has 0 aliphatic carbocycles. The summed E-state index contributed by atoms with van der Waals surface area (Å²) in [6.07, 6.45) is 0. The zero-order valence-corrected chi connectivity index (χ0v) is 10.3. The van der Waals surface area contributed by atoms with E-state index in [-0.39, 0.29) is 0 Å². The third-order valence-electron chi connectivity index (χ3n) is 2.85. The van der Waals surface area contributed by atoms with Gasteiger partial charge in [0.15, 0.2) is 0 Å². The first kappa shape index (κ1) is 11.0. The maximum Gasteiger partial charge on any atom is 0.346 e. The van der Waals surface area contributed by atoms with Crippen molar-refractivity contribution in [1.29, 1.82) is 0 Å². The highest BCUT2D eigenvalue weighted by Crippen LogP contribution is 2.38. The maximum absolute atomic E-state index is 11.4. The number of carboxylic acid groups (broad SMARTS) is 1. The Morgan fingerprint density at radius 2 is 1.78 bits per heavy atom. The Morgan fingerprint density at radius 3 is 2.50 bits per heavy atom. The molecule has 3 aromatic rings. The molecule has 0 saturated heterocycles. The van der Waals surface area contributed by atoms with Gasteiger partial charge >= 0.3 is 5.97 Å². The summed E-state index contributed by atoms with van der Waals surface area (Å²) in [6.45, 7) is 0. The lowest BCUT2D eigenvalue weighted by Crippen LogP contribution is -1.94. The molecule has 0 saturated carbocycles. The molecule has 18 heavy (non-hydrogen) atoms. The van der Waals surface area contributed by atoms with Crippen LogP contribution in [0.4, 0.5) is 0 Å². The molecule has 0 bridgehead atoms. The predicted molar refractivity (Wildman–Crippen MR) is 74.2 cm³/mol. The van der Waals surface area contributed by atoms with Crippen LogP contribution in [-0.4, -0.2) is 11.1 Å². The molecule has 0 aliphatic heterocycles. The van der Waals surface area contributed by atoms with E-state index in [9.17, 15) is 9.90 Å². The van der Waals surface area contributed by atoms with E-state index in [4.69, 9.17) is 0 Å². The van der Waals surface area contributed by atoms with Gasteiger partial charge in [-0.1, -0.05) is 48.5 Å². The first-order chi connectivity index (χ1) is 8.77. The summed E-state index contributed by atoms with van der Waals surface area (Å²) < 4.78 is 1.01. The molecule has 1 aromatic heterocycles. The van der Waals surface area contributed by atoms with Crippen LogP contribution in [0, 0.1) is 0 Å². The van der Waals surface area contributed by atoms with Crippen molar-refractivity contribution in [2.75, 3.05) is 0 Å². The molecule has 2 aromatic carbocycles. The monoisotopic (exact) mass is 251 g/mol. The van der Waals surface area contributed by atoms with Crippen molar-refractivity contribution in [2.45, 2.75) is 0 Å². The summed E-state index contributed by atoms with van der Waals surface area (Å²) in [7, 11) is 0. The van der Waals surface area contributed by atoms with Crippen molar-refractivity contribution in [1.82, 2.24) is 0 Å². The summed E-state index contributed by atoms with van der Waals surface area (Å²) in [5.41, 5.74) is 1.77. The number of aromatic carboxylic acids is 1. The van der Waals surface area contributed by atoms with Gasteiger partial charge in [0.1, 0.15) is 4.88 Å². The molecule has 0 unspecified atom stereocenters. The standard InChI is InChI=1S/C15H10O2S/c16-15(17)14-13(10-6-2-1-3-7-10)11-8-4-5-9-12(11)18-14/h1-9H,(H,16,17)/i10-3. The second kappa shape index (κ2) is 4.27. The number of benzene rings is 2. The summed E-state index contributed by atoms with van der Waals surface area (Å²) in [5, 5.41) is 10.3. The van der Waals surface area contributed by atoms with Crippen LogP contribution in [0.25, 0.3) is 21.2 Å². The van der Waals surface area contributed by atoms with Crippen LogP contribution >= 0.6 is 11.3 Å². The Bertz CT molecular complexity index is 714. The molecular formula is C15H10O2S. The van der Waals surface area contributed by atoms with E-state index in [1.165, 1.54) is 11.3 Å². The molecular weight excluding hydrogens is 241 g/mol. The van der Waals surface area contributed by atoms with Gasteiger partial charge < -0.3 is 5.11 Å². The lowest BCUT2D eigenvalue weighted by atomic mass is 8.34. The van der Waals surface area contributed by atoms with Gasteiger partial charge in [-0.05, 0) is 11.6 Å². The van der Waals surface area contributed by atoms with Crippen LogP contribution in [0.5, 0.6) is 0 Å². The molecule has 0 radical (unpaired) electrons. The molecule has 3 rings (SSSR count). The lowest BCUT2D eigenvalue weighted by molar-refractivity contribution is 0.0703. The Kier molecular flexibility index (Phi) is 2.61. The number of carbonyl (C=O) groups is 1. The van der Waals surface area contributed by atoms with E-state index >= 15 is 0 Å². The molecule has 1 N–H and O–H groups in total. The van der Waals surface area contributed by atoms with E-state index < -0.39 is 5.97 Å². The van der Waals surface area contributed by atoms with E-state index in [0.717, 1.165) is 21.2 Å². The molecule has 0 aliphatic rings. The minimum atomic E-state index is -0.866. The Labute approximate surface area is 108 Å². The van der Waals surface area contributed by atoms with Crippen molar-refractivity contribution < 1.29 is 9.90 Å². The number of carboxylic acids is 1. The fraction of sp³-hybridized carbons (Fsp3) is 0. The largest absolute Gasteiger partial charge is 0.477 e. The fourth-order valence-corrected chi connectivity index (χ4v) is 3.15. The number of thiophene rings is 1. The van der Waals surface area contributed by atoms with Crippen molar-refractivity contribution in [3.63, 3.8) is 0 Å². The molecule has 3 heteroatoms. The van der Waals surface area contributed by atoms with E-state index in [1.807, 2.05) is 54.6 Å². The molecule has 0 spiro atoms. The van der Waals surface area contributed by atoms with E-state index in [2.05, 4.69) is 0 Å². The average Bonchev–Trinajstić information content (AvgIpc) is 2.79. The van der Waals surface area contributed by atoms with Gasteiger partial charge in [-0.2, -0.15) is 0 Å². The number of fused-ring (bicyclic) bond motifs is 1. The highest BCUT2D eigenvalue weighted by molar-refractivity contribution is 7.21. The van der Waals surface area contributed by atoms with Gasteiger partial charge in [0, 0.05) is 15.6 Å². The van der Waals surface area contributed by atoms with Crippen molar-refractivity contribution in [3.8, 4) is 11.1 Å². The summed E-state index contributed by atoms with van der Waals surface area (Å²) in [4.78, 5) is 11.8. The summed E-state index contributed by atoms with van der Waals surface area (Å²) in [5.74, 6) is -0.866. The maximum atomic E-state index is 11.4. The van der Waals surface area contributed by atoms with E-state index in [0.29, 0.717) is 4.88 Å². The first-order valence-corrected chi connectivity index (χ1v) is 6.39. The Hall–Kier alpha value is -2.13. The zero-order valence-electron chi connectivity index (χ0n) is 9.46. The first-order valence-electron chi connectivity index (χ1n) is 5.57. The molecule has 1 heterocycles. The average molecular weight is 251 g/mol.